The number of carbonyl (C=O) groups excluding carboxylic acids is 1. The van der Waals surface area contributed by atoms with Gasteiger partial charge in [0.2, 0.25) is 0 Å². The van der Waals surface area contributed by atoms with E-state index < -0.39 is 0 Å². The first-order chi connectivity index (χ1) is 12.7. The molecule has 1 fully saturated rings. The Hall–Kier alpha value is -1.57. The maximum atomic E-state index is 11.8. The van der Waals surface area contributed by atoms with Crippen molar-refractivity contribution in [3.63, 3.8) is 0 Å². The van der Waals surface area contributed by atoms with Crippen LogP contribution in [0.4, 0.5) is 0 Å². The Morgan fingerprint density at radius 1 is 0.962 bits per heavy atom. The average molecular weight is 355 g/mol. The zero-order valence-electron chi connectivity index (χ0n) is 16.5. The second-order valence-electron chi connectivity index (χ2n) is 8.09. The molecule has 142 valence electrons. The number of hydrogen-bond acceptors (Lipinski definition) is 2. The lowest BCUT2D eigenvalue weighted by Gasteiger charge is -2.29. The maximum Gasteiger partial charge on any atom is 0.333 e. The molecule has 0 aromatic heterocycles. The number of carbonyl (C=O) groups is 1. The van der Waals surface area contributed by atoms with Crippen LogP contribution in [-0.4, -0.2) is 12.6 Å². The van der Waals surface area contributed by atoms with Crippen molar-refractivity contribution < 1.29 is 9.53 Å². The molecule has 2 nitrogen and oxygen atoms in total. The summed E-state index contributed by atoms with van der Waals surface area (Å²) in [5, 5.41) is 0. The zero-order chi connectivity index (χ0) is 18.4. The largest absolute Gasteiger partial charge is 0.463 e. The van der Waals surface area contributed by atoms with E-state index in [1.165, 1.54) is 49.7 Å². The lowest BCUT2D eigenvalue weighted by molar-refractivity contribution is -0.138. The van der Waals surface area contributed by atoms with Gasteiger partial charge in [0.15, 0.2) is 0 Å². The molecule has 3 rings (SSSR count). The van der Waals surface area contributed by atoms with E-state index >= 15 is 0 Å². The molecule has 2 heteroatoms. The van der Waals surface area contributed by atoms with Crippen LogP contribution in [0.1, 0.15) is 94.6 Å². The van der Waals surface area contributed by atoms with Crippen LogP contribution in [-0.2, 0) is 9.53 Å². The van der Waals surface area contributed by atoms with Crippen LogP contribution >= 0.6 is 0 Å². The van der Waals surface area contributed by atoms with Gasteiger partial charge in [0, 0.05) is 5.57 Å². The predicted octanol–water partition coefficient (Wildman–Crippen LogP) is 6.52. The fraction of sp³-hybridized carbons (Fsp3) is 0.625. The molecule has 26 heavy (non-hydrogen) atoms. The van der Waals surface area contributed by atoms with Gasteiger partial charge in [-0.1, -0.05) is 50.1 Å². The number of rotatable bonds is 6. The van der Waals surface area contributed by atoms with Crippen LogP contribution in [0.25, 0.3) is 0 Å². The van der Waals surface area contributed by atoms with Gasteiger partial charge in [0.1, 0.15) is 0 Å². The third-order valence-electron chi connectivity index (χ3n) is 6.37. The van der Waals surface area contributed by atoms with Crippen molar-refractivity contribution in [2.45, 2.75) is 83.5 Å². The summed E-state index contributed by atoms with van der Waals surface area (Å²) in [6, 6.07) is 9.40. The zero-order valence-corrected chi connectivity index (χ0v) is 16.5. The van der Waals surface area contributed by atoms with E-state index in [0.29, 0.717) is 12.5 Å². The molecule has 2 aliphatic carbocycles. The number of ether oxygens (including phenoxy) is 1. The van der Waals surface area contributed by atoms with Crippen molar-refractivity contribution in [2.75, 3.05) is 6.61 Å². The first kappa shape index (κ1) is 19.2. The smallest absolute Gasteiger partial charge is 0.333 e. The molecule has 0 spiro atoms. The van der Waals surface area contributed by atoms with Crippen molar-refractivity contribution in [1.82, 2.24) is 0 Å². The third-order valence-corrected chi connectivity index (χ3v) is 6.37. The summed E-state index contributed by atoms with van der Waals surface area (Å²) in [7, 11) is 0. The lowest BCUT2D eigenvalue weighted by atomic mass is 9.76. The molecular weight excluding hydrogens is 320 g/mol. The Bertz CT molecular complexity index is 606. The Morgan fingerprint density at radius 3 is 2.15 bits per heavy atom. The van der Waals surface area contributed by atoms with Gasteiger partial charge < -0.3 is 4.74 Å². The Morgan fingerprint density at radius 2 is 1.62 bits per heavy atom. The van der Waals surface area contributed by atoms with Crippen LogP contribution < -0.4 is 0 Å². The summed E-state index contributed by atoms with van der Waals surface area (Å²) >= 11 is 0. The van der Waals surface area contributed by atoms with E-state index in [0.717, 1.165) is 36.7 Å². The van der Waals surface area contributed by atoms with Crippen molar-refractivity contribution in [3.8, 4) is 0 Å². The highest BCUT2D eigenvalue weighted by atomic mass is 16.5. The summed E-state index contributed by atoms with van der Waals surface area (Å²) < 4.78 is 5.12. The van der Waals surface area contributed by atoms with E-state index in [1.54, 1.807) is 0 Å². The first-order valence-corrected chi connectivity index (χ1v) is 10.7. The molecule has 0 N–H and O–H groups in total. The van der Waals surface area contributed by atoms with Gasteiger partial charge in [0.25, 0.3) is 0 Å². The number of benzene rings is 1. The summed E-state index contributed by atoms with van der Waals surface area (Å²) in [5.41, 5.74) is 3.82. The number of allylic oxidation sites excluding steroid dienone is 1. The SMILES string of the molecule is CCC[C@H]1CC[C@H](c2ccc(C3CC=C(C(=O)OCC)CC3)cc2)CC1. The molecule has 1 unspecified atom stereocenters. The van der Waals surface area contributed by atoms with Crippen molar-refractivity contribution in [3.05, 3.63) is 47.0 Å². The van der Waals surface area contributed by atoms with Crippen LogP contribution in [0.2, 0.25) is 0 Å². The van der Waals surface area contributed by atoms with Crippen LogP contribution in [0.3, 0.4) is 0 Å². The minimum atomic E-state index is -0.125. The fourth-order valence-corrected chi connectivity index (χ4v) is 4.78. The van der Waals surface area contributed by atoms with Gasteiger partial charge in [-0.25, -0.2) is 4.79 Å². The normalized spacial score (nSPS) is 26.2. The van der Waals surface area contributed by atoms with Gasteiger partial charge in [-0.2, -0.15) is 0 Å². The molecule has 0 saturated heterocycles. The number of esters is 1. The molecule has 0 aliphatic heterocycles. The van der Waals surface area contributed by atoms with Gasteiger partial charge >= 0.3 is 5.97 Å². The van der Waals surface area contributed by atoms with Crippen LogP contribution in [0.15, 0.2) is 35.9 Å². The summed E-state index contributed by atoms with van der Waals surface area (Å²) in [4.78, 5) is 11.8. The van der Waals surface area contributed by atoms with Crippen molar-refractivity contribution in [2.24, 2.45) is 5.92 Å². The summed E-state index contributed by atoms with van der Waals surface area (Å²) in [6.07, 6.45) is 13.2. The second kappa shape index (κ2) is 9.39. The minimum Gasteiger partial charge on any atom is -0.463 e. The van der Waals surface area contributed by atoms with E-state index in [-0.39, 0.29) is 5.97 Å². The standard InChI is InChI=1S/C24H34O2/c1-3-5-18-6-8-19(9-7-18)20-10-12-21(13-11-20)22-14-16-23(17-15-22)24(25)26-4-2/h10-13,16,18-19,22H,3-9,14-15,17H2,1-2H3/t18-,19-,22?. The van der Waals surface area contributed by atoms with E-state index in [9.17, 15) is 4.79 Å². The summed E-state index contributed by atoms with van der Waals surface area (Å²) in [6.45, 7) is 4.63. The molecule has 1 aromatic rings. The topological polar surface area (TPSA) is 26.3 Å². The van der Waals surface area contributed by atoms with Crippen molar-refractivity contribution in [1.29, 1.82) is 0 Å². The Balaban J connectivity index is 1.55. The molecule has 0 amide bonds. The molecular formula is C24H34O2. The molecule has 0 bridgehead atoms. The number of hydrogen-bond donors (Lipinski definition) is 0. The van der Waals surface area contributed by atoms with Crippen LogP contribution in [0.5, 0.6) is 0 Å². The minimum absolute atomic E-state index is 0.125. The quantitative estimate of drug-likeness (QED) is 0.544. The second-order valence-corrected chi connectivity index (χ2v) is 8.09. The lowest BCUT2D eigenvalue weighted by Crippen LogP contribution is -2.14. The van der Waals surface area contributed by atoms with Crippen LogP contribution in [0, 0.1) is 5.92 Å². The Labute approximate surface area is 159 Å². The highest BCUT2D eigenvalue weighted by molar-refractivity contribution is 5.88. The monoisotopic (exact) mass is 354 g/mol. The molecule has 1 saturated carbocycles. The van der Waals surface area contributed by atoms with Gasteiger partial charge in [-0.15, -0.1) is 0 Å². The predicted molar refractivity (Wildman–Crippen MR) is 107 cm³/mol. The highest BCUT2D eigenvalue weighted by Crippen LogP contribution is 2.38. The summed E-state index contributed by atoms with van der Waals surface area (Å²) in [5.74, 6) is 2.15. The van der Waals surface area contributed by atoms with E-state index in [1.807, 2.05) is 6.92 Å². The molecule has 1 aromatic carbocycles. The molecule has 0 radical (unpaired) electrons. The van der Waals surface area contributed by atoms with Gasteiger partial charge in [0.05, 0.1) is 6.61 Å². The van der Waals surface area contributed by atoms with Gasteiger partial charge in [-0.05, 0) is 80.8 Å². The van der Waals surface area contributed by atoms with Gasteiger partial charge in [-0.3, -0.25) is 0 Å². The molecule has 2 aliphatic rings. The average Bonchev–Trinajstić information content (AvgIpc) is 2.69. The first-order valence-electron chi connectivity index (χ1n) is 10.7. The fourth-order valence-electron chi connectivity index (χ4n) is 4.78. The van der Waals surface area contributed by atoms with E-state index in [2.05, 4.69) is 37.3 Å². The third kappa shape index (κ3) is 4.78. The Kier molecular flexibility index (Phi) is 6.93. The van der Waals surface area contributed by atoms with E-state index in [4.69, 9.17) is 4.74 Å². The maximum absolute atomic E-state index is 11.8. The highest BCUT2D eigenvalue weighted by Gasteiger charge is 2.23. The van der Waals surface area contributed by atoms with Crippen molar-refractivity contribution >= 4 is 5.97 Å². The molecule has 0 heterocycles. The molecule has 1 atom stereocenters.